The maximum absolute atomic E-state index is 13.5. The first-order valence-electron chi connectivity index (χ1n) is 11.4. The Balaban J connectivity index is 1.53. The van der Waals surface area contributed by atoms with Gasteiger partial charge in [0.25, 0.3) is 5.91 Å². The summed E-state index contributed by atoms with van der Waals surface area (Å²) in [6.45, 7) is 0. The lowest BCUT2D eigenvalue weighted by atomic mass is 9.81. The van der Waals surface area contributed by atoms with E-state index >= 15 is 0 Å². The molecular weight excluding hydrogens is 424 g/mol. The van der Waals surface area contributed by atoms with Gasteiger partial charge in [0, 0.05) is 35.5 Å². The highest BCUT2D eigenvalue weighted by molar-refractivity contribution is 7.08. The van der Waals surface area contributed by atoms with Crippen LogP contribution in [-0.4, -0.2) is 41.9 Å². The lowest BCUT2D eigenvalue weighted by Crippen LogP contribution is -2.52. The summed E-state index contributed by atoms with van der Waals surface area (Å²) in [6, 6.07) is 10.2. The van der Waals surface area contributed by atoms with Crippen LogP contribution in [0.5, 0.6) is 0 Å². The van der Waals surface area contributed by atoms with Crippen LogP contribution < -0.4 is 4.90 Å². The van der Waals surface area contributed by atoms with E-state index in [1.54, 1.807) is 0 Å². The number of ether oxygens (including phenoxy) is 1. The quantitative estimate of drug-likeness (QED) is 0.603. The molecule has 2 aromatic rings. The molecule has 2 amide bonds. The minimum atomic E-state index is -0.357. The van der Waals surface area contributed by atoms with Gasteiger partial charge in [0.15, 0.2) is 0 Å². The number of benzene rings is 1. The summed E-state index contributed by atoms with van der Waals surface area (Å²) in [4.78, 5) is 42.6. The van der Waals surface area contributed by atoms with Crippen molar-refractivity contribution in [1.82, 2.24) is 4.90 Å². The number of carbonyl (C=O) groups excluding carboxylic acids is 3. The molecule has 3 unspecified atom stereocenters. The topological polar surface area (TPSA) is 66.9 Å². The summed E-state index contributed by atoms with van der Waals surface area (Å²) in [7, 11) is 1.35. The van der Waals surface area contributed by atoms with Crippen molar-refractivity contribution in [3.05, 3.63) is 52.2 Å². The van der Waals surface area contributed by atoms with Crippen LogP contribution in [0.4, 0.5) is 5.69 Å². The zero-order chi connectivity index (χ0) is 22.2. The van der Waals surface area contributed by atoms with Gasteiger partial charge in [0.1, 0.15) is 0 Å². The maximum atomic E-state index is 13.5. The molecule has 168 valence electrons. The highest BCUT2D eigenvalue weighted by Crippen LogP contribution is 2.52. The van der Waals surface area contributed by atoms with Gasteiger partial charge in [-0.2, -0.15) is 11.3 Å². The molecule has 0 saturated heterocycles. The molecule has 32 heavy (non-hydrogen) atoms. The molecule has 7 heteroatoms. The Labute approximate surface area is 192 Å². The smallest absolute Gasteiger partial charge is 0.306 e. The molecule has 2 saturated carbocycles. The fourth-order valence-electron chi connectivity index (χ4n) is 5.54. The summed E-state index contributed by atoms with van der Waals surface area (Å²) in [5.74, 6) is -0.0930. The SMILES string of the molecule is COC(=O)CCC(=O)N(C1CC1)C1c2ccccc2N(C(=O)c2ccsc2)C2CCCC21. The molecule has 0 bridgehead atoms. The Morgan fingerprint density at radius 1 is 1.09 bits per heavy atom. The van der Waals surface area contributed by atoms with Crippen LogP contribution in [0.15, 0.2) is 41.1 Å². The van der Waals surface area contributed by atoms with Gasteiger partial charge < -0.3 is 14.5 Å². The maximum Gasteiger partial charge on any atom is 0.306 e. The van der Waals surface area contributed by atoms with Crippen molar-refractivity contribution in [1.29, 1.82) is 0 Å². The van der Waals surface area contributed by atoms with Crippen molar-refractivity contribution in [3.63, 3.8) is 0 Å². The molecule has 5 rings (SSSR count). The highest BCUT2D eigenvalue weighted by Gasteiger charge is 2.51. The molecule has 0 spiro atoms. The predicted octanol–water partition coefficient (Wildman–Crippen LogP) is 4.56. The Hall–Kier alpha value is -2.67. The van der Waals surface area contributed by atoms with Gasteiger partial charge in [-0.05, 0) is 48.8 Å². The monoisotopic (exact) mass is 452 g/mol. The van der Waals surface area contributed by atoms with Crippen LogP contribution >= 0.6 is 11.3 Å². The Bertz CT molecular complexity index is 1020. The fourth-order valence-corrected chi connectivity index (χ4v) is 6.17. The summed E-state index contributed by atoms with van der Waals surface area (Å²) < 4.78 is 4.75. The summed E-state index contributed by atoms with van der Waals surface area (Å²) in [5.41, 5.74) is 2.70. The van der Waals surface area contributed by atoms with E-state index in [2.05, 4.69) is 11.0 Å². The molecule has 1 aromatic heterocycles. The lowest BCUT2D eigenvalue weighted by molar-refractivity contribution is -0.145. The molecule has 1 aromatic carbocycles. The fraction of sp³-hybridized carbons (Fsp3) is 0.480. The number of thiophene rings is 1. The van der Waals surface area contributed by atoms with Crippen LogP contribution in [0.25, 0.3) is 0 Å². The molecule has 3 atom stereocenters. The normalized spacial score (nSPS) is 23.9. The molecule has 2 heterocycles. The van der Waals surface area contributed by atoms with Crippen molar-refractivity contribution >= 4 is 34.8 Å². The van der Waals surface area contributed by atoms with E-state index in [1.165, 1.54) is 18.4 Å². The van der Waals surface area contributed by atoms with Crippen molar-refractivity contribution in [2.75, 3.05) is 12.0 Å². The molecule has 6 nitrogen and oxygen atoms in total. The lowest BCUT2D eigenvalue weighted by Gasteiger charge is -2.47. The first-order valence-corrected chi connectivity index (χ1v) is 12.4. The van der Waals surface area contributed by atoms with Crippen LogP contribution in [0.3, 0.4) is 0 Å². The first kappa shape index (κ1) is 21.2. The largest absolute Gasteiger partial charge is 0.469 e. The minimum absolute atomic E-state index is 0.0148. The van der Waals surface area contributed by atoms with Crippen molar-refractivity contribution in [3.8, 4) is 0 Å². The van der Waals surface area contributed by atoms with Gasteiger partial charge in [-0.25, -0.2) is 0 Å². The molecule has 2 aliphatic carbocycles. The van der Waals surface area contributed by atoms with Crippen molar-refractivity contribution in [2.24, 2.45) is 5.92 Å². The number of carbonyl (C=O) groups is 3. The van der Waals surface area contributed by atoms with E-state index in [9.17, 15) is 14.4 Å². The molecule has 2 fully saturated rings. The van der Waals surface area contributed by atoms with E-state index in [4.69, 9.17) is 4.74 Å². The van der Waals surface area contributed by atoms with Gasteiger partial charge in [-0.1, -0.05) is 24.6 Å². The van der Waals surface area contributed by atoms with Gasteiger partial charge >= 0.3 is 5.97 Å². The number of anilines is 1. The predicted molar refractivity (Wildman–Crippen MR) is 123 cm³/mol. The summed E-state index contributed by atoms with van der Waals surface area (Å²) in [6.07, 6.45) is 5.24. The van der Waals surface area contributed by atoms with E-state index in [0.29, 0.717) is 0 Å². The van der Waals surface area contributed by atoms with Crippen LogP contribution in [0.1, 0.15) is 66.9 Å². The second-order valence-electron chi connectivity index (χ2n) is 8.96. The highest BCUT2D eigenvalue weighted by atomic mass is 32.1. The summed E-state index contributed by atoms with van der Waals surface area (Å²) >= 11 is 1.53. The number of amides is 2. The van der Waals surface area contributed by atoms with E-state index in [1.807, 2.05) is 39.9 Å². The molecule has 0 N–H and O–H groups in total. The first-order chi connectivity index (χ1) is 15.6. The Kier molecular flexibility index (Phi) is 5.76. The number of nitrogens with zero attached hydrogens (tertiary/aromatic N) is 2. The van der Waals surface area contributed by atoms with Gasteiger partial charge in [0.2, 0.25) is 5.91 Å². The number of fused-ring (bicyclic) bond motifs is 2. The van der Waals surface area contributed by atoms with Crippen LogP contribution in [0, 0.1) is 5.92 Å². The van der Waals surface area contributed by atoms with Gasteiger partial charge in [-0.3, -0.25) is 14.4 Å². The third-order valence-corrected chi connectivity index (χ3v) is 7.75. The third kappa shape index (κ3) is 3.72. The van der Waals surface area contributed by atoms with Gasteiger partial charge in [-0.15, -0.1) is 0 Å². The Morgan fingerprint density at radius 2 is 1.91 bits per heavy atom. The van der Waals surface area contributed by atoms with E-state index < -0.39 is 0 Å². The number of methoxy groups -OCH3 is 1. The average Bonchev–Trinajstić information content (AvgIpc) is 3.27. The zero-order valence-corrected chi connectivity index (χ0v) is 19.1. The standard InChI is InChI=1S/C25H28N2O4S/c1-31-23(29)12-11-22(28)26(17-9-10-17)24-18-5-2-3-7-20(18)27(21-8-4-6-19(21)24)25(30)16-13-14-32-15-16/h2-3,5,7,13-15,17,19,21,24H,4,6,8-12H2,1H3. The van der Waals surface area contributed by atoms with Crippen LogP contribution in [-0.2, 0) is 14.3 Å². The molecule has 0 radical (unpaired) electrons. The second-order valence-corrected chi connectivity index (χ2v) is 9.74. The van der Waals surface area contributed by atoms with Crippen molar-refractivity contribution in [2.45, 2.75) is 63.1 Å². The Morgan fingerprint density at radius 3 is 2.62 bits per heavy atom. The third-order valence-electron chi connectivity index (χ3n) is 7.07. The number of hydrogen-bond acceptors (Lipinski definition) is 5. The van der Waals surface area contributed by atoms with E-state index in [-0.39, 0.29) is 54.7 Å². The minimum Gasteiger partial charge on any atom is -0.469 e. The van der Waals surface area contributed by atoms with Gasteiger partial charge in [0.05, 0.1) is 25.1 Å². The average molecular weight is 453 g/mol. The number of rotatable bonds is 6. The number of hydrogen-bond donors (Lipinski definition) is 0. The summed E-state index contributed by atoms with van der Waals surface area (Å²) in [5, 5.41) is 3.85. The van der Waals surface area contributed by atoms with E-state index in [0.717, 1.165) is 48.9 Å². The number of esters is 1. The molecule has 3 aliphatic rings. The van der Waals surface area contributed by atoms with Crippen molar-refractivity contribution < 1.29 is 19.1 Å². The van der Waals surface area contributed by atoms with Crippen LogP contribution in [0.2, 0.25) is 0 Å². The molecule has 1 aliphatic heterocycles. The zero-order valence-electron chi connectivity index (χ0n) is 18.2. The number of para-hydroxylation sites is 1. The molecular formula is C25H28N2O4S. The second kappa shape index (κ2) is 8.70.